The van der Waals surface area contributed by atoms with Gasteiger partial charge in [-0.15, -0.1) is 5.11 Å². The summed E-state index contributed by atoms with van der Waals surface area (Å²) in [6.45, 7) is 3.98. The monoisotopic (exact) mass is 288 g/mol. The Labute approximate surface area is 129 Å². The highest BCUT2D eigenvalue weighted by molar-refractivity contribution is 5.75. The van der Waals surface area contributed by atoms with Gasteiger partial charge in [-0.1, -0.05) is 18.2 Å². The van der Waals surface area contributed by atoms with E-state index in [9.17, 15) is 0 Å². The van der Waals surface area contributed by atoms with E-state index in [1.54, 1.807) is 12.4 Å². The minimum Gasteiger partial charge on any atom is -0.262 e. The Kier molecular flexibility index (Phi) is 4.01. The Morgan fingerprint density at radius 2 is 1.59 bits per heavy atom. The number of hydrogen-bond acceptors (Lipinski definition) is 4. The lowest BCUT2D eigenvalue weighted by Gasteiger charge is -2.06. The Morgan fingerprint density at radius 1 is 0.864 bits per heavy atom. The number of pyridine rings is 2. The third kappa shape index (κ3) is 3.23. The molecule has 0 aliphatic heterocycles. The van der Waals surface area contributed by atoms with Crippen LogP contribution in [0, 0.1) is 13.8 Å². The van der Waals surface area contributed by atoms with Crippen LogP contribution in [0.25, 0.3) is 11.1 Å². The highest BCUT2D eigenvalue weighted by atomic mass is 15.1. The van der Waals surface area contributed by atoms with E-state index < -0.39 is 0 Å². The second-order valence-corrected chi connectivity index (χ2v) is 5.07. The van der Waals surface area contributed by atoms with Gasteiger partial charge in [0, 0.05) is 23.1 Å². The molecule has 0 unspecified atom stereocenters. The SMILES string of the molecule is Cc1cc(-c2ccncc2N=Nc2ccccc2)cc(C)n1. The summed E-state index contributed by atoms with van der Waals surface area (Å²) in [5.74, 6) is 0. The largest absolute Gasteiger partial charge is 0.262 e. The molecule has 0 amide bonds. The number of hydrogen-bond donors (Lipinski definition) is 0. The third-order valence-electron chi connectivity index (χ3n) is 3.22. The van der Waals surface area contributed by atoms with Gasteiger partial charge < -0.3 is 0 Å². The summed E-state index contributed by atoms with van der Waals surface area (Å²) in [7, 11) is 0. The van der Waals surface area contributed by atoms with E-state index in [1.165, 1.54) is 0 Å². The van der Waals surface area contributed by atoms with Crippen molar-refractivity contribution in [3.05, 3.63) is 72.3 Å². The standard InChI is InChI=1S/C18H16N4/c1-13-10-15(11-14(2)20-13)17-8-9-19-12-18(17)22-21-16-6-4-3-5-7-16/h3-12H,1-2H3. The number of rotatable bonds is 3. The molecule has 0 N–H and O–H groups in total. The van der Waals surface area contributed by atoms with Gasteiger partial charge >= 0.3 is 0 Å². The van der Waals surface area contributed by atoms with Gasteiger partial charge in [0.1, 0.15) is 5.69 Å². The van der Waals surface area contributed by atoms with Crippen LogP contribution in [0.2, 0.25) is 0 Å². The first-order chi connectivity index (χ1) is 10.7. The van der Waals surface area contributed by atoms with Crippen LogP contribution in [-0.4, -0.2) is 9.97 Å². The van der Waals surface area contributed by atoms with Gasteiger partial charge in [-0.25, -0.2) is 0 Å². The first-order valence-corrected chi connectivity index (χ1v) is 7.09. The molecule has 0 bridgehead atoms. The van der Waals surface area contributed by atoms with E-state index in [2.05, 4.69) is 20.2 Å². The minimum atomic E-state index is 0.747. The molecule has 0 aliphatic carbocycles. The molecular formula is C18H16N4. The van der Waals surface area contributed by atoms with Crippen molar-refractivity contribution in [1.29, 1.82) is 0 Å². The number of benzene rings is 1. The van der Waals surface area contributed by atoms with E-state index in [4.69, 9.17) is 0 Å². The summed E-state index contributed by atoms with van der Waals surface area (Å²) in [4.78, 5) is 8.57. The van der Waals surface area contributed by atoms with Crippen LogP contribution in [0.1, 0.15) is 11.4 Å². The molecular weight excluding hydrogens is 272 g/mol. The molecule has 3 aromatic rings. The summed E-state index contributed by atoms with van der Waals surface area (Å²) in [5, 5.41) is 8.63. The van der Waals surface area contributed by atoms with Crippen LogP contribution in [0.3, 0.4) is 0 Å². The fourth-order valence-electron chi connectivity index (χ4n) is 2.31. The lowest BCUT2D eigenvalue weighted by atomic mass is 10.1. The topological polar surface area (TPSA) is 50.5 Å². The van der Waals surface area contributed by atoms with Crippen molar-refractivity contribution < 1.29 is 0 Å². The van der Waals surface area contributed by atoms with Crippen LogP contribution in [0.5, 0.6) is 0 Å². The number of azo groups is 1. The summed E-state index contributed by atoms with van der Waals surface area (Å²) < 4.78 is 0. The van der Waals surface area contributed by atoms with Crippen molar-refractivity contribution in [3.63, 3.8) is 0 Å². The maximum absolute atomic E-state index is 4.41. The fourth-order valence-corrected chi connectivity index (χ4v) is 2.31. The number of nitrogens with zero attached hydrogens (tertiary/aromatic N) is 4. The van der Waals surface area contributed by atoms with E-state index in [-0.39, 0.29) is 0 Å². The maximum Gasteiger partial charge on any atom is 0.112 e. The molecule has 0 saturated carbocycles. The first-order valence-electron chi connectivity index (χ1n) is 7.09. The molecule has 108 valence electrons. The zero-order chi connectivity index (χ0) is 15.4. The van der Waals surface area contributed by atoms with Crippen LogP contribution in [0.15, 0.2) is 71.2 Å². The molecule has 0 atom stereocenters. The van der Waals surface area contributed by atoms with E-state index in [0.29, 0.717) is 0 Å². The van der Waals surface area contributed by atoms with E-state index >= 15 is 0 Å². The third-order valence-corrected chi connectivity index (χ3v) is 3.22. The molecule has 22 heavy (non-hydrogen) atoms. The van der Waals surface area contributed by atoms with Crippen molar-refractivity contribution in [2.45, 2.75) is 13.8 Å². The van der Waals surface area contributed by atoms with Crippen molar-refractivity contribution in [2.24, 2.45) is 10.2 Å². The van der Waals surface area contributed by atoms with Crippen molar-refractivity contribution in [2.75, 3.05) is 0 Å². The molecule has 2 aromatic heterocycles. The Bertz CT molecular complexity index is 790. The number of aryl methyl sites for hydroxylation is 2. The quantitative estimate of drug-likeness (QED) is 0.624. The Balaban J connectivity index is 2.01. The molecule has 0 fully saturated rings. The molecule has 3 rings (SSSR count). The predicted octanol–water partition coefficient (Wildman–Crippen LogP) is 5.18. The van der Waals surface area contributed by atoms with Crippen LogP contribution < -0.4 is 0 Å². The van der Waals surface area contributed by atoms with Crippen LogP contribution in [0.4, 0.5) is 11.4 Å². The molecule has 0 radical (unpaired) electrons. The van der Waals surface area contributed by atoms with Gasteiger partial charge in [-0.2, -0.15) is 5.11 Å². The molecule has 0 aliphatic rings. The second-order valence-electron chi connectivity index (χ2n) is 5.07. The van der Waals surface area contributed by atoms with Gasteiger partial charge in [0.25, 0.3) is 0 Å². The van der Waals surface area contributed by atoms with Gasteiger partial charge in [0.15, 0.2) is 0 Å². The van der Waals surface area contributed by atoms with Crippen LogP contribution in [-0.2, 0) is 0 Å². The second kappa shape index (κ2) is 6.26. The average molecular weight is 288 g/mol. The van der Waals surface area contributed by atoms with E-state index in [0.717, 1.165) is 33.9 Å². The Hall–Kier alpha value is -2.88. The highest BCUT2D eigenvalue weighted by Gasteiger charge is 2.06. The van der Waals surface area contributed by atoms with Crippen molar-refractivity contribution >= 4 is 11.4 Å². The van der Waals surface area contributed by atoms with Crippen molar-refractivity contribution in [3.8, 4) is 11.1 Å². The highest BCUT2D eigenvalue weighted by Crippen LogP contribution is 2.31. The zero-order valence-electron chi connectivity index (χ0n) is 12.6. The molecule has 2 heterocycles. The van der Waals surface area contributed by atoms with Gasteiger partial charge in [-0.05, 0) is 49.7 Å². The summed E-state index contributed by atoms with van der Waals surface area (Å²) in [6.07, 6.45) is 3.49. The normalized spacial score (nSPS) is 11.0. The van der Waals surface area contributed by atoms with Gasteiger partial charge in [0.2, 0.25) is 0 Å². The lowest BCUT2D eigenvalue weighted by Crippen LogP contribution is -1.88. The smallest absolute Gasteiger partial charge is 0.112 e. The van der Waals surface area contributed by atoms with E-state index in [1.807, 2.05) is 62.4 Å². The zero-order valence-corrected chi connectivity index (χ0v) is 12.6. The fraction of sp³-hybridized carbons (Fsp3) is 0.111. The molecule has 0 spiro atoms. The Morgan fingerprint density at radius 3 is 2.32 bits per heavy atom. The van der Waals surface area contributed by atoms with Crippen LogP contribution >= 0.6 is 0 Å². The summed E-state index contributed by atoms with van der Waals surface area (Å²) in [5.41, 5.74) is 5.61. The first kappa shape index (κ1) is 14.1. The lowest BCUT2D eigenvalue weighted by molar-refractivity contribution is 1.12. The molecule has 4 nitrogen and oxygen atoms in total. The molecule has 0 saturated heterocycles. The summed E-state index contributed by atoms with van der Waals surface area (Å²) in [6, 6.07) is 15.7. The minimum absolute atomic E-state index is 0.747. The molecule has 1 aromatic carbocycles. The maximum atomic E-state index is 4.41. The molecule has 4 heteroatoms. The number of aromatic nitrogens is 2. The van der Waals surface area contributed by atoms with Crippen molar-refractivity contribution in [1.82, 2.24) is 9.97 Å². The predicted molar refractivity (Wildman–Crippen MR) is 87.6 cm³/mol. The van der Waals surface area contributed by atoms with Gasteiger partial charge in [0.05, 0.1) is 11.9 Å². The van der Waals surface area contributed by atoms with Gasteiger partial charge in [-0.3, -0.25) is 9.97 Å². The average Bonchev–Trinajstić information content (AvgIpc) is 2.53. The summed E-state index contributed by atoms with van der Waals surface area (Å²) >= 11 is 0.